The molecule has 252 valence electrons. The van der Waals surface area contributed by atoms with Gasteiger partial charge in [-0.2, -0.15) is 0 Å². The van der Waals surface area contributed by atoms with Crippen LogP contribution in [0.3, 0.4) is 0 Å². The van der Waals surface area contributed by atoms with Gasteiger partial charge in [0.2, 0.25) is 0 Å². The zero-order valence-corrected chi connectivity index (χ0v) is 28.3. The first-order valence-corrected chi connectivity index (χ1v) is 16.5. The molecule has 2 saturated heterocycles. The number of nitrogens with zero attached hydrogens (tertiary/aromatic N) is 4. The van der Waals surface area contributed by atoms with Gasteiger partial charge in [0.1, 0.15) is 13.2 Å². The largest absolute Gasteiger partial charge is 0.493 e. The number of rotatable bonds is 9. The Kier molecular flexibility index (Phi) is 8.48. The van der Waals surface area contributed by atoms with Gasteiger partial charge in [0.25, 0.3) is 11.8 Å². The summed E-state index contributed by atoms with van der Waals surface area (Å²) < 4.78 is 24.0. The van der Waals surface area contributed by atoms with E-state index in [0.717, 1.165) is 27.8 Å². The van der Waals surface area contributed by atoms with Gasteiger partial charge in [-0.15, -0.1) is 0 Å². The van der Waals surface area contributed by atoms with E-state index in [-0.39, 0.29) is 43.0 Å². The van der Waals surface area contributed by atoms with Crippen LogP contribution in [0.15, 0.2) is 76.8 Å². The third kappa shape index (κ3) is 6.19. The summed E-state index contributed by atoms with van der Waals surface area (Å²) in [6.45, 7) is 14.0. The van der Waals surface area contributed by atoms with Gasteiger partial charge in [-0.25, -0.2) is 0 Å². The van der Waals surface area contributed by atoms with Crippen molar-refractivity contribution < 1.29 is 28.5 Å². The average Bonchev–Trinajstić information content (AvgIpc) is 3.60. The van der Waals surface area contributed by atoms with Crippen molar-refractivity contribution >= 4 is 35.6 Å². The molecule has 0 radical (unpaired) electrons. The highest BCUT2D eigenvalue weighted by Crippen LogP contribution is 2.40. The minimum atomic E-state index is -0.0956. The number of amides is 2. The van der Waals surface area contributed by atoms with Gasteiger partial charge in [0.15, 0.2) is 23.0 Å². The summed E-state index contributed by atoms with van der Waals surface area (Å²) >= 11 is 0. The van der Waals surface area contributed by atoms with Gasteiger partial charge in [-0.1, -0.05) is 50.3 Å². The Morgan fingerprint density at radius 2 is 1.14 bits per heavy atom. The monoisotopic (exact) mass is 660 g/mol. The van der Waals surface area contributed by atoms with Crippen LogP contribution in [0.5, 0.6) is 23.0 Å². The van der Waals surface area contributed by atoms with E-state index in [1.165, 1.54) is 0 Å². The molecule has 10 nitrogen and oxygen atoms in total. The fourth-order valence-corrected chi connectivity index (χ4v) is 6.82. The van der Waals surface area contributed by atoms with Crippen molar-refractivity contribution in [3.63, 3.8) is 0 Å². The first-order chi connectivity index (χ1) is 23.6. The van der Waals surface area contributed by atoms with Gasteiger partial charge in [-0.3, -0.25) is 19.6 Å². The molecule has 2 atom stereocenters. The Labute approximate surface area is 286 Å². The molecule has 3 aromatic carbocycles. The van der Waals surface area contributed by atoms with Crippen LogP contribution >= 0.6 is 0 Å². The molecule has 2 fully saturated rings. The number of ether oxygens (including phenoxy) is 4. The molecule has 4 aliphatic heterocycles. The summed E-state index contributed by atoms with van der Waals surface area (Å²) in [5.41, 5.74) is 7.14. The molecule has 0 aliphatic carbocycles. The molecule has 0 N–H and O–H groups in total. The number of aliphatic imine (C=N–C) groups is 2. The van der Waals surface area contributed by atoms with E-state index in [1.807, 2.05) is 18.5 Å². The SMILES string of the molecule is C=C1CC2C=Nc3cc(OCc4cc(COc5cc6c(cc5OC)C(=O)N5CC(=C)CC5C=N6)cc(C(C)C)c4)c(OC)cc3C(=O)N2C1. The maximum absolute atomic E-state index is 13.4. The summed E-state index contributed by atoms with van der Waals surface area (Å²) in [5.74, 6) is 2.01. The van der Waals surface area contributed by atoms with Crippen LogP contribution in [0.4, 0.5) is 11.4 Å². The molecule has 2 unspecified atom stereocenters. The van der Waals surface area contributed by atoms with Gasteiger partial charge < -0.3 is 28.7 Å². The second kappa shape index (κ2) is 12.9. The van der Waals surface area contributed by atoms with Crippen LogP contribution in [-0.2, 0) is 13.2 Å². The highest BCUT2D eigenvalue weighted by molar-refractivity contribution is 6.04. The second-order valence-electron chi connectivity index (χ2n) is 13.3. The van der Waals surface area contributed by atoms with E-state index in [1.54, 1.807) is 48.3 Å². The highest BCUT2D eigenvalue weighted by atomic mass is 16.5. The zero-order valence-electron chi connectivity index (χ0n) is 28.3. The number of hydrogen-bond acceptors (Lipinski definition) is 8. The van der Waals surface area contributed by atoms with Crippen molar-refractivity contribution in [2.45, 2.75) is 57.9 Å². The highest BCUT2D eigenvalue weighted by Gasteiger charge is 2.35. The van der Waals surface area contributed by atoms with Crippen LogP contribution in [0.1, 0.15) is 70.0 Å². The molecular formula is C39H40N4O6. The number of methoxy groups -OCH3 is 2. The fourth-order valence-electron chi connectivity index (χ4n) is 6.82. The normalized spacial score (nSPS) is 19.4. The number of hydrogen-bond donors (Lipinski definition) is 0. The Morgan fingerprint density at radius 1 is 0.694 bits per heavy atom. The van der Waals surface area contributed by atoms with E-state index in [0.29, 0.717) is 71.4 Å². The third-order valence-corrected chi connectivity index (χ3v) is 9.43. The second-order valence-corrected chi connectivity index (χ2v) is 13.3. The molecule has 0 spiro atoms. The summed E-state index contributed by atoms with van der Waals surface area (Å²) in [5, 5.41) is 0. The molecule has 49 heavy (non-hydrogen) atoms. The molecule has 2 amide bonds. The molecule has 10 heteroatoms. The van der Waals surface area contributed by atoms with E-state index in [9.17, 15) is 9.59 Å². The fraction of sp³-hybridized carbons (Fsp3) is 0.333. The maximum atomic E-state index is 13.4. The number of fused-ring (bicyclic) bond motifs is 4. The summed E-state index contributed by atoms with van der Waals surface area (Å²) in [7, 11) is 3.12. The summed E-state index contributed by atoms with van der Waals surface area (Å²) in [6, 6.07) is 13.1. The topological polar surface area (TPSA) is 102 Å². The van der Waals surface area contributed by atoms with E-state index in [4.69, 9.17) is 18.9 Å². The molecule has 4 heterocycles. The van der Waals surface area contributed by atoms with Crippen molar-refractivity contribution in [2.24, 2.45) is 9.98 Å². The Morgan fingerprint density at radius 3 is 1.55 bits per heavy atom. The third-order valence-electron chi connectivity index (χ3n) is 9.43. The molecule has 0 saturated carbocycles. The predicted molar refractivity (Wildman–Crippen MR) is 189 cm³/mol. The van der Waals surface area contributed by atoms with Gasteiger partial charge >= 0.3 is 0 Å². The number of benzene rings is 3. The lowest BCUT2D eigenvalue weighted by Gasteiger charge is -2.20. The molecule has 0 aromatic heterocycles. The minimum Gasteiger partial charge on any atom is -0.493 e. The van der Waals surface area contributed by atoms with Crippen molar-refractivity contribution in [3.05, 3.63) is 94.6 Å². The van der Waals surface area contributed by atoms with E-state index >= 15 is 0 Å². The molecule has 7 rings (SSSR count). The molecule has 0 bridgehead atoms. The Balaban J connectivity index is 1.11. The molecule has 4 aliphatic rings. The lowest BCUT2D eigenvalue weighted by atomic mass is 9.98. The number of carbonyl (C=O) groups excluding carboxylic acids is 2. The summed E-state index contributed by atoms with van der Waals surface area (Å²) in [6.07, 6.45) is 5.07. The van der Waals surface area contributed by atoms with Gasteiger partial charge in [0.05, 0.1) is 48.8 Å². The Hall–Kier alpha value is -5.38. The van der Waals surface area contributed by atoms with Crippen molar-refractivity contribution in [3.8, 4) is 23.0 Å². The lowest BCUT2D eigenvalue weighted by molar-refractivity contribution is 0.0769. The van der Waals surface area contributed by atoms with Gasteiger partial charge in [-0.05, 0) is 53.6 Å². The quantitative estimate of drug-likeness (QED) is 0.230. The Bertz CT molecular complexity index is 1810. The first-order valence-electron chi connectivity index (χ1n) is 16.5. The van der Waals surface area contributed by atoms with Crippen LogP contribution in [0.2, 0.25) is 0 Å². The number of carbonyl (C=O) groups is 2. The molecular weight excluding hydrogens is 620 g/mol. The van der Waals surface area contributed by atoms with Crippen LogP contribution in [-0.4, -0.2) is 73.4 Å². The van der Waals surface area contributed by atoms with Crippen molar-refractivity contribution in [2.75, 3.05) is 27.3 Å². The minimum absolute atomic E-state index is 0.0913. The zero-order chi connectivity index (χ0) is 34.4. The van der Waals surface area contributed by atoms with E-state index < -0.39 is 0 Å². The predicted octanol–water partition coefficient (Wildman–Crippen LogP) is 6.96. The first kappa shape index (κ1) is 32.2. The average molecular weight is 661 g/mol. The maximum Gasteiger partial charge on any atom is 0.257 e. The summed E-state index contributed by atoms with van der Waals surface area (Å²) in [4.78, 5) is 39.7. The van der Waals surface area contributed by atoms with Gasteiger partial charge in [0, 0.05) is 37.7 Å². The van der Waals surface area contributed by atoms with Crippen molar-refractivity contribution in [1.29, 1.82) is 0 Å². The van der Waals surface area contributed by atoms with Crippen LogP contribution in [0.25, 0.3) is 0 Å². The molecule has 3 aromatic rings. The van der Waals surface area contributed by atoms with E-state index in [2.05, 4.69) is 49.1 Å². The smallest absolute Gasteiger partial charge is 0.257 e. The standard InChI is InChI=1S/C39H40N4O6/c1-22(2)27-10-25(20-48-36-14-32-30(12-34(36)46-5)38(44)42-18-23(3)7-28(42)16-40-32)9-26(11-27)21-49-37-15-33-31(13-35(37)47-6)39(45)43-19-24(4)8-29(43)17-41-33/h9-17,22,28-29H,3-4,7-8,18-21H2,1-2,5-6H3. The lowest BCUT2D eigenvalue weighted by Crippen LogP contribution is -2.35. The van der Waals surface area contributed by atoms with Crippen LogP contribution in [0, 0.1) is 0 Å². The van der Waals surface area contributed by atoms with Crippen molar-refractivity contribution in [1.82, 2.24) is 9.80 Å². The van der Waals surface area contributed by atoms with Crippen LogP contribution < -0.4 is 18.9 Å².